The van der Waals surface area contributed by atoms with Crippen molar-refractivity contribution in [1.82, 2.24) is 0 Å². The van der Waals surface area contributed by atoms with Crippen molar-refractivity contribution < 1.29 is 9.90 Å². The van der Waals surface area contributed by atoms with Gasteiger partial charge in [0.1, 0.15) is 0 Å². The molecule has 2 rings (SSSR count). The molecular formula is C15H18ClNO2. The van der Waals surface area contributed by atoms with Crippen molar-refractivity contribution in [2.45, 2.75) is 25.8 Å². The Bertz CT molecular complexity index is 509. The van der Waals surface area contributed by atoms with Crippen molar-refractivity contribution in [3.63, 3.8) is 0 Å². The van der Waals surface area contributed by atoms with Crippen LogP contribution in [0.1, 0.15) is 25.3 Å². The normalized spacial score (nSPS) is 16.6. The number of benzene rings is 1. The van der Waals surface area contributed by atoms with E-state index in [4.69, 9.17) is 16.7 Å². The summed E-state index contributed by atoms with van der Waals surface area (Å²) in [6.07, 6.45) is 5.22. The maximum Gasteiger partial charge on any atom is 0.328 e. The van der Waals surface area contributed by atoms with Gasteiger partial charge in [-0.1, -0.05) is 17.7 Å². The Balaban J connectivity index is 2.15. The SMILES string of the molecule is CC(C1CC1)N(C)c1ccc(/C=C/C(=O)O)c(Cl)c1. The molecule has 3 nitrogen and oxygen atoms in total. The number of halogens is 1. The third-order valence-electron chi connectivity index (χ3n) is 3.71. The second-order valence-corrected chi connectivity index (χ2v) is 5.47. The van der Waals surface area contributed by atoms with Gasteiger partial charge in [0.15, 0.2) is 0 Å². The van der Waals surface area contributed by atoms with Crippen LogP contribution in [0.5, 0.6) is 0 Å². The number of aliphatic carboxylic acids is 1. The maximum atomic E-state index is 10.5. The van der Waals surface area contributed by atoms with Crippen LogP contribution in [0.25, 0.3) is 6.08 Å². The highest BCUT2D eigenvalue weighted by Crippen LogP contribution is 2.36. The number of hydrogen-bond donors (Lipinski definition) is 1. The predicted molar refractivity (Wildman–Crippen MR) is 78.7 cm³/mol. The average molecular weight is 280 g/mol. The number of anilines is 1. The molecule has 0 saturated heterocycles. The lowest BCUT2D eigenvalue weighted by atomic mass is 10.1. The van der Waals surface area contributed by atoms with Crippen LogP contribution in [0.2, 0.25) is 5.02 Å². The fraction of sp³-hybridized carbons (Fsp3) is 0.400. The van der Waals surface area contributed by atoms with Crippen LogP contribution in [-0.4, -0.2) is 24.2 Å². The predicted octanol–water partition coefficient (Wildman–Crippen LogP) is 3.67. The van der Waals surface area contributed by atoms with Gasteiger partial charge in [0.05, 0.1) is 0 Å². The van der Waals surface area contributed by atoms with Gasteiger partial charge >= 0.3 is 5.97 Å². The van der Waals surface area contributed by atoms with E-state index >= 15 is 0 Å². The Labute approximate surface area is 118 Å². The molecule has 0 aliphatic heterocycles. The molecule has 4 heteroatoms. The van der Waals surface area contributed by atoms with Crippen molar-refractivity contribution >= 4 is 29.3 Å². The first-order valence-corrected chi connectivity index (χ1v) is 6.80. The Morgan fingerprint density at radius 1 is 1.53 bits per heavy atom. The first-order valence-electron chi connectivity index (χ1n) is 6.42. The number of rotatable bonds is 5. The number of carbonyl (C=O) groups is 1. The quantitative estimate of drug-likeness (QED) is 0.836. The summed E-state index contributed by atoms with van der Waals surface area (Å²) in [6.45, 7) is 2.23. The van der Waals surface area contributed by atoms with Crippen LogP contribution < -0.4 is 4.90 Å². The van der Waals surface area contributed by atoms with E-state index in [0.717, 1.165) is 23.2 Å². The molecule has 0 heterocycles. The highest BCUT2D eigenvalue weighted by atomic mass is 35.5. The molecule has 1 aromatic rings. The fourth-order valence-electron chi connectivity index (χ4n) is 2.16. The van der Waals surface area contributed by atoms with Crippen molar-refractivity contribution in [1.29, 1.82) is 0 Å². The third-order valence-corrected chi connectivity index (χ3v) is 4.04. The van der Waals surface area contributed by atoms with Gasteiger partial charge in [-0.15, -0.1) is 0 Å². The van der Waals surface area contributed by atoms with E-state index < -0.39 is 5.97 Å². The molecule has 0 spiro atoms. The molecule has 0 radical (unpaired) electrons. The number of carboxylic acid groups (broad SMARTS) is 1. The van der Waals surface area contributed by atoms with E-state index in [1.165, 1.54) is 18.9 Å². The number of hydrogen-bond acceptors (Lipinski definition) is 2. The molecule has 1 saturated carbocycles. The maximum absolute atomic E-state index is 10.5. The molecule has 0 bridgehead atoms. The van der Waals surface area contributed by atoms with Crippen LogP contribution in [-0.2, 0) is 4.79 Å². The van der Waals surface area contributed by atoms with E-state index in [0.29, 0.717) is 11.1 Å². The van der Waals surface area contributed by atoms with E-state index in [2.05, 4.69) is 18.9 Å². The molecule has 19 heavy (non-hydrogen) atoms. The van der Waals surface area contributed by atoms with E-state index in [1.807, 2.05) is 18.2 Å². The highest BCUT2D eigenvalue weighted by molar-refractivity contribution is 6.32. The Morgan fingerprint density at radius 3 is 2.74 bits per heavy atom. The Hall–Kier alpha value is -1.48. The van der Waals surface area contributed by atoms with E-state index in [-0.39, 0.29) is 0 Å². The van der Waals surface area contributed by atoms with Gasteiger partial charge in [0.25, 0.3) is 0 Å². The van der Waals surface area contributed by atoms with Crippen molar-refractivity contribution in [3.8, 4) is 0 Å². The third kappa shape index (κ3) is 3.51. The molecule has 1 atom stereocenters. The minimum Gasteiger partial charge on any atom is -0.478 e. The summed E-state index contributed by atoms with van der Waals surface area (Å²) in [5.74, 6) is -0.185. The van der Waals surface area contributed by atoms with Crippen molar-refractivity contribution in [3.05, 3.63) is 34.9 Å². The van der Waals surface area contributed by atoms with Gasteiger partial charge in [-0.25, -0.2) is 4.79 Å². The average Bonchev–Trinajstić information content (AvgIpc) is 3.19. The van der Waals surface area contributed by atoms with Gasteiger partial charge in [0, 0.05) is 29.9 Å². The lowest BCUT2D eigenvalue weighted by molar-refractivity contribution is -0.131. The van der Waals surface area contributed by atoms with E-state index in [9.17, 15) is 4.79 Å². The summed E-state index contributed by atoms with van der Waals surface area (Å²) in [7, 11) is 2.07. The van der Waals surface area contributed by atoms with Gasteiger partial charge < -0.3 is 10.0 Å². The first kappa shape index (κ1) is 13.9. The van der Waals surface area contributed by atoms with Crippen LogP contribution in [0.15, 0.2) is 24.3 Å². The minimum atomic E-state index is -0.973. The molecule has 102 valence electrons. The van der Waals surface area contributed by atoms with Crippen molar-refractivity contribution in [2.24, 2.45) is 5.92 Å². The lowest BCUT2D eigenvalue weighted by Crippen LogP contribution is -2.30. The molecular weight excluding hydrogens is 262 g/mol. The van der Waals surface area contributed by atoms with Gasteiger partial charge in [-0.3, -0.25) is 0 Å². The summed E-state index contributed by atoms with van der Waals surface area (Å²) in [5.41, 5.74) is 1.79. The Morgan fingerprint density at radius 2 is 2.21 bits per heavy atom. The van der Waals surface area contributed by atoms with Crippen LogP contribution in [0.4, 0.5) is 5.69 Å². The first-order chi connectivity index (χ1) is 8.99. The molecule has 1 aromatic carbocycles. The highest BCUT2D eigenvalue weighted by Gasteiger charge is 2.30. The monoisotopic (exact) mass is 279 g/mol. The lowest BCUT2D eigenvalue weighted by Gasteiger charge is -2.27. The fourth-order valence-corrected chi connectivity index (χ4v) is 2.40. The summed E-state index contributed by atoms with van der Waals surface area (Å²) < 4.78 is 0. The standard InChI is InChI=1S/C15H18ClNO2/c1-10(11-3-4-11)17(2)13-7-5-12(14(16)9-13)6-8-15(18)19/h5-11H,3-4H2,1-2H3,(H,18,19)/b8-6+. The van der Waals surface area contributed by atoms with Crippen LogP contribution >= 0.6 is 11.6 Å². The molecule has 1 fully saturated rings. The zero-order valence-corrected chi connectivity index (χ0v) is 11.9. The number of nitrogens with zero attached hydrogens (tertiary/aromatic N) is 1. The number of carboxylic acids is 1. The molecule has 1 N–H and O–H groups in total. The summed E-state index contributed by atoms with van der Waals surface area (Å²) in [5, 5.41) is 9.19. The minimum absolute atomic E-state index is 0.511. The molecule has 1 unspecified atom stereocenters. The topological polar surface area (TPSA) is 40.5 Å². The van der Waals surface area contributed by atoms with E-state index in [1.54, 1.807) is 0 Å². The molecule has 0 aromatic heterocycles. The zero-order valence-electron chi connectivity index (χ0n) is 11.1. The second kappa shape index (κ2) is 5.66. The van der Waals surface area contributed by atoms with Gasteiger partial charge in [-0.05, 0) is 49.5 Å². The summed E-state index contributed by atoms with van der Waals surface area (Å²) in [6, 6.07) is 6.23. The molecule has 1 aliphatic carbocycles. The van der Waals surface area contributed by atoms with Gasteiger partial charge in [-0.2, -0.15) is 0 Å². The largest absolute Gasteiger partial charge is 0.478 e. The Kier molecular flexibility index (Phi) is 4.15. The molecule has 1 aliphatic rings. The second-order valence-electron chi connectivity index (χ2n) is 5.07. The summed E-state index contributed by atoms with van der Waals surface area (Å²) in [4.78, 5) is 12.7. The van der Waals surface area contributed by atoms with Crippen LogP contribution in [0.3, 0.4) is 0 Å². The smallest absolute Gasteiger partial charge is 0.328 e. The van der Waals surface area contributed by atoms with Gasteiger partial charge in [0.2, 0.25) is 0 Å². The summed E-state index contributed by atoms with van der Waals surface area (Å²) >= 11 is 6.19. The molecule has 0 amide bonds. The van der Waals surface area contributed by atoms with Crippen molar-refractivity contribution in [2.75, 3.05) is 11.9 Å². The zero-order chi connectivity index (χ0) is 14.0. The van der Waals surface area contributed by atoms with Crippen LogP contribution in [0, 0.1) is 5.92 Å².